The van der Waals surface area contributed by atoms with Crippen LogP contribution in [0.5, 0.6) is 0 Å². The molecule has 0 radical (unpaired) electrons. The van der Waals surface area contributed by atoms with Crippen LogP contribution in [0.3, 0.4) is 0 Å². The molecule has 1 aliphatic heterocycles. The lowest BCUT2D eigenvalue weighted by Gasteiger charge is -2.26. The van der Waals surface area contributed by atoms with Gasteiger partial charge in [-0.15, -0.1) is 0 Å². The number of hydrogen-bond acceptors (Lipinski definition) is 6. The highest BCUT2D eigenvalue weighted by atomic mass is 16.5. The zero-order valence-corrected chi connectivity index (χ0v) is 14.9. The van der Waals surface area contributed by atoms with E-state index in [2.05, 4.69) is 30.7 Å². The predicted molar refractivity (Wildman–Crippen MR) is 94.1 cm³/mol. The van der Waals surface area contributed by atoms with E-state index in [9.17, 15) is 0 Å². The number of aryl methyl sites for hydroxylation is 1. The van der Waals surface area contributed by atoms with Crippen molar-refractivity contribution in [2.24, 2.45) is 4.99 Å². The van der Waals surface area contributed by atoms with E-state index in [-0.39, 0.29) is 6.04 Å². The van der Waals surface area contributed by atoms with E-state index >= 15 is 0 Å². The van der Waals surface area contributed by atoms with Crippen molar-refractivity contribution in [3.05, 3.63) is 35.9 Å². The van der Waals surface area contributed by atoms with E-state index in [0.29, 0.717) is 18.3 Å². The number of likely N-dealkylation sites (tertiary alicyclic amines) is 1. The molecule has 8 heteroatoms. The fourth-order valence-electron chi connectivity index (χ4n) is 3.03. The van der Waals surface area contributed by atoms with Crippen LogP contribution in [0.2, 0.25) is 0 Å². The summed E-state index contributed by atoms with van der Waals surface area (Å²) in [6.07, 6.45) is 4.21. The van der Waals surface area contributed by atoms with Crippen molar-refractivity contribution >= 4 is 5.96 Å². The van der Waals surface area contributed by atoms with Gasteiger partial charge in [-0.25, -0.2) is 4.99 Å². The van der Waals surface area contributed by atoms with Crippen LogP contribution in [-0.4, -0.2) is 47.2 Å². The van der Waals surface area contributed by atoms with Gasteiger partial charge in [-0.2, -0.15) is 4.98 Å². The summed E-state index contributed by atoms with van der Waals surface area (Å²) in [7, 11) is 0. The van der Waals surface area contributed by atoms with E-state index in [4.69, 9.17) is 8.94 Å². The molecule has 0 aliphatic carbocycles. The fourth-order valence-corrected chi connectivity index (χ4v) is 3.03. The topological polar surface area (TPSA) is 91.7 Å². The van der Waals surface area contributed by atoms with Crippen molar-refractivity contribution in [1.82, 2.24) is 25.7 Å². The first-order valence-electron chi connectivity index (χ1n) is 8.85. The normalized spacial score (nSPS) is 17.0. The minimum Gasteiger partial charge on any atom is -0.468 e. The van der Waals surface area contributed by atoms with Gasteiger partial charge in [0.1, 0.15) is 12.3 Å². The lowest BCUT2D eigenvalue weighted by Crippen LogP contribution is -2.42. The largest absolute Gasteiger partial charge is 0.468 e. The third-order valence-electron chi connectivity index (χ3n) is 4.20. The van der Waals surface area contributed by atoms with Crippen LogP contribution in [0.25, 0.3) is 0 Å². The fraction of sp³-hybridized carbons (Fsp3) is 0.588. The van der Waals surface area contributed by atoms with E-state index in [1.807, 2.05) is 19.1 Å². The molecule has 8 nitrogen and oxygen atoms in total. The third-order valence-corrected chi connectivity index (χ3v) is 4.20. The molecular weight excluding hydrogens is 320 g/mol. The molecule has 0 spiro atoms. The molecule has 2 aromatic heterocycles. The number of aliphatic imine (C=N–C) groups is 1. The minimum absolute atomic E-state index is 0.201. The quantitative estimate of drug-likeness (QED) is 0.584. The van der Waals surface area contributed by atoms with Crippen molar-refractivity contribution in [1.29, 1.82) is 0 Å². The van der Waals surface area contributed by atoms with Gasteiger partial charge in [-0.3, -0.25) is 4.90 Å². The lowest BCUT2D eigenvalue weighted by molar-refractivity contribution is 0.215. The molecular formula is C17H26N6O2. The number of rotatable bonds is 7. The van der Waals surface area contributed by atoms with Crippen LogP contribution < -0.4 is 10.6 Å². The molecule has 2 aromatic rings. The molecule has 0 aromatic carbocycles. The highest BCUT2D eigenvalue weighted by Gasteiger charge is 2.25. The summed E-state index contributed by atoms with van der Waals surface area (Å²) < 4.78 is 10.8. The Hall–Kier alpha value is -2.35. The van der Waals surface area contributed by atoms with Crippen LogP contribution >= 0.6 is 0 Å². The molecule has 3 rings (SSSR count). The Morgan fingerprint density at radius 2 is 2.20 bits per heavy atom. The first kappa shape index (κ1) is 17.5. The van der Waals surface area contributed by atoms with Crippen LogP contribution in [-0.2, 0) is 6.54 Å². The second kappa shape index (κ2) is 8.66. The second-order valence-electron chi connectivity index (χ2n) is 6.09. The Labute approximate surface area is 147 Å². The number of nitrogens with one attached hydrogen (secondary N) is 2. The van der Waals surface area contributed by atoms with Gasteiger partial charge in [0.05, 0.1) is 12.3 Å². The summed E-state index contributed by atoms with van der Waals surface area (Å²) in [6.45, 7) is 7.89. The van der Waals surface area contributed by atoms with Gasteiger partial charge >= 0.3 is 0 Å². The van der Waals surface area contributed by atoms with Crippen LogP contribution in [0.1, 0.15) is 43.3 Å². The maximum Gasteiger partial charge on any atom is 0.248 e. The average Bonchev–Trinajstić information content (AvgIpc) is 3.36. The number of furan rings is 1. The molecule has 2 N–H and O–H groups in total. The van der Waals surface area contributed by atoms with Gasteiger partial charge in [0.15, 0.2) is 11.8 Å². The summed E-state index contributed by atoms with van der Waals surface area (Å²) in [4.78, 5) is 11.2. The Bertz CT molecular complexity index is 660. The SMILES string of the molecule is CCNC(=NCc1nc(C)no1)NCC(c1ccco1)N1CCCC1. The average molecular weight is 346 g/mol. The van der Waals surface area contributed by atoms with Crippen molar-refractivity contribution in [3.63, 3.8) is 0 Å². The van der Waals surface area contributed by atoms with Gasteiger partial charge in [-0.05, 0) is 51.9 Å². The molecule has 1 aliphatic rings. The van der Waals surface area contributed by atoms with E-state index in [1.165, 1.54) is 12.8 Å². The van der Waals surface area contributed by atoms with Crippen molar-refractivity contribution < 1.29 is 8.94 Å². The van der Waals surface area contributed by atoms with Crippen LogP contribution in [0, 0.1) is 6.92 Å². The highest BCUT2D eigenvalue weighted by Crippen LogP contribution is 2.24. The van der Waals surface area contributed by atoms with Crippen molar-refractivity contribution in [2.75, 3.05) is 26.2 Å². The molecule has 3 heterocycles. The molecule has 25 heavy (non-hydrogen) atoms. The smallest absolute Gasteiger partial charge is 0.248 e. The van der Waals surface area contributed by atoms with E-state index < -0.39 is 0 Å². The zero-order valence-electron chi connectivity index (χ0n) is 14.9. The van der Waals surface area contributed by atoms with Gasteiger partial charge in [-0.1, -0.05) is 5.16 Å². The van der Waals surface area contributed by atoms with E-state index in [0.717, 1.165) is 37.9 Å². The molecule has 0 bridgehead atoms. The Kier molecular flexibility index (Phi) is 6.05. The first-order valence-corrected chi connectivity index (χ1v) is 8.85. The minimum atomic E-state index is 0.201. The van der Waals surface area contributed by atoms with Gasteiger partial charge in [0.25, 0.3) is 0 Å². The molecule has 0 saturated carbocycles. The Balaban J connectivity index is 1.63. The van der Waals surface area contributed by atoms with Gasteiger partial charge in [0.2, 0.25) is 5.89 Å². The molecule has 1 saturated heterocycles. The lowest BCUT2D eigenvalue weighted by atomic mass is 10.2. The maximum atomic E-state index is 5.66. The van der Waals surface area contributed by atoms with Gasteiger partial charge < -0.3 is 19.6 Å². The highest BCUT2D eigenvalue weighted by molar-refractivity contribution is 5.79. The molecule has 136 valence electrons. The number of nitrogens with zero attached hydrogens (tertiary/aromatic N) is 4. The Morgan fingerprint density at radius 1 is 1.36 bits per heavy atom. The molecule has 0 amide bonds. The summed E-state index contributed by atoms with van der Waals surface area (Å²) >= 11 is 0. The summed E-state index contributed by atoms with van der Waals surface area (Å²) in [5.74, 6) is 2.85. The van der Waals surface area contributed by atoms with Crippen molar-refractivity contribution in [2.45, 2.75) is 39.3 Å². The molecule has 1 unspecified atom stereocenters. The number of aromatic nitrogens is 2. The zero-order chi connectivity index (χ0) is 17.5. The number of hydrogen-bond donors (Lipinski definition) is 2. The summed E-state index contributed by atoms with van der Waals surface area (Å²) in [5.41, 5.74) is 0. The first-order chi connectivity index (χ1) is 12.3. The standard InChI is InChI=1S/C17H26N6O2/c1-3-18-17(20-12-16-21-13(2)22-25-16)19-11-14(15-7-6-10-24-15)23-8-4-5-9-23/h6-7,10,14H,3-5,8-9,11-12H2,1-2H3,(H2,18,19,20). The Morgan fingerprint density at radius 3 is 2.84 bits per heavy atom. The molecule has 1 fully saturated rings. The monoisotopic (exact) mass is 346 g/mol. The van der Waals surface area contributed by atoms with Crippen LogP contribution in [0.4, 0.5) is 0 Å². The third kappa shape index (κ3) is 4.82. The number of guanidine groups is 1. The van der Waals surface area contributed by atoms with E-state index in [1.54, 1.807) is 13.2 Å². The summed E-state index contributed by atoms with van der Waals surface area (Å²) in [6, 6.07) is 4.18. The van der Waals surface area contributed by atoms with Crippen molar-refractivity contribution in [3.8, 4) is 0 Å². The predicted octanol–water partition coefficient (Wildman–Crippen LogP) is 1.86. The maximum absolute atomic E-state index is 5.66. The second-order valence-corrected chi connectivity index (χ2v) is 6.09. The van der Waals surface area contributed by atoms with Crippen LogP contribution in [0.15, 0.2) is 32.3 Å². The molecule has 1 atom stereocenters. The summed E-state index contributed by atoms with van der Waals surface area (Å²) in [5, 5.41) is 10.4. The van der Waals surface area contributed by atoms with Gasteiger partial charge in [0, 0.05) is 13.1 Å².